The molecule has 224 valence electrons. The summed E-state index contributed by atoms with van der Waals surface area (Å²) in [6, 6.07) is 19.0. The number of aromatic nitrogens is 3. The van der Waals surface area contributed by atoms with Gasteiger partial charge >= 0.3 is 0 Å². The second-order valence-corrected chi connectivity index (χ2v) is 13.1. The molecule has 0 radical (unpaired) electrons. The molecule has 42 heavy (non-hydrogen) atoms. The van der Waals surface area contributed by atoms with Crippen molar-refractivity contribution in [3.63, 3.8) is 0 Å². The molecule has 2 heterocycles. The molecule has 1 atom stereocenters. The number of hydrogen-bond donors (Lipinski definition) is 0. The van der Waals surface area contributed by atoms with Crippen molar-refractivity contribution in [3.05, 3.63) is 71.5 Å². The quantitative estimate of drug-likeness (QED) is 0.180. The van der Waals surface area contributed by atoms with Gasteiger partial charge < -0.3 is 9.80 Å². The lowest BCUT2D eigenvalue weighted by Gasteiger charge is -2.40. The Kier molecular flexibility index (Phi) is 10.7. The van der Waals surface area contributed by atoms with Gasteiger partial charge in [0.2, 0.25) is 11.8 Å². The van der Waals surface area contributed by atoms with Crippen LogP contribution in [0.15, 0.2) is 59.8 Å². The predicted octanol–water partition coefficient (Wildman–Crippen LogP) is 6.46. The van der Waals surface area contributed by atoms with E-state index >= 15 is 0 Å². The van der Waals surface area contributed by atoms with Gasteiger partial charge in [-0.2, -0.15) is 0 Å². The zero-order chi connectivity index (χ0) is 29.3. The molecule has 3 aromatic rings. The minimum Gasteiger partial charge on any atom is -0.339 e. The summed E-state index contributed by atoms with van der Waals surface area (Å²) < 4.78 is 2.16. The first-order chi connectivity index (χ1) is 20.5. The van der Waals surface area contributed by atoms with Gasteiger partial charge in [-0.25, -0.2) is 0 Å². The van der Waals surface area contributed by atoms with Crippen molar-refractivity contribution in [3.8, 4) is 5.69 Å². The van der Waals surface area contributed by atoms with Gasteiger partial charge in [0.05, 0.1) is 0 Å². The fourth-order valence-corrected chi connectivity index (χ4v) is 7.23. The summed E-state index contributed by atoms with van der Waals surface area (Å²) in [5.41, 5.74) is 3.49. The fraction of sp³-hybridized carbons (Fsp3) is 0.529. The second kappa shape index (κ2) is 14.9. The lowest BCUT2D eigenvalue weighted by molar-refractivity contribution is -0.142. The van der Waals surface area contributed by atoms with Crippen LogP contribution in [0.2, 0.25) is 0 Å². The summed E-state index contributed by atoms with van der Waals surface area (Å²) in [6.07, 6.45) is 9.93. The molecule has 1 aliphatic heterocycles. The summed E-state index contributed by atoms with van der Waals surface area (Å²) >= 11 is 1.70. The first-order valence-corrected chi connectivity index (χ1v) is 16.7. The molecule has 8 heteroatoms. The van der Waals surface area contributed by atoms with Crippen molar-refractivity contribution in [1.29, 1.82) is 0 Å². The van der Waals surface area contributed by atoms with Crippen LogP contribution in [0.1, 0.15) is 81.7 Å². The number of carbonyl (C=O) groups excluding carboxylic acids is 2. The molecule has 2 amide bonds. The Morgan fingerprint density at radius 3 is 2.40 bits per heavy atom. The van der Waals surface area contributed by atoms with Crippen LogP contribution in [0.4, 0.5) is 0 Å². The van der Waals surface area contributed by atoms with E-state index in [0.29, 0.717) is 38.9 Å². The highest BCUT2D eigenvalue weighted by molar-refractivity contribution is 7.99. The third-order valence-corrected chi connectivity index (χ3v) is 9.77. The monoisotopic (exact) mass is 587 g/mol. The number of carbonyl (C=O) groups is 2. The highest BCUT2D eigenvalue weighted by Crippen LogP contribution is 2.29. The number of aryl methyl sites for hydroxylation is 1. The molecule has 1 saturated heterocycles. The first kappa shape index (κ1) is 30.3. The smallest absolute Gasteiger partial charge is 0.222 e. The Morgan fingerprint density at radius 1 is 0.905 bits per heavy atom. The maximum absolute atomic E-state index is 13.0. The molecular weight excluding hydrogens is 542 g/mol. The molecule has 0 bridgehead atoms. The Hall–Kier alpha value is -3.13. The van der Waals surface area contributed by atoms with Crippen molar-refractivity contribution in [2.75, 3.05) is 25.4 Å². The summed E-state index contributed by atoms with van der Waals surface area (Å²) in [6.45, 7) is 6.13. The summed E-state index contributed by atoms with van der Waals surface area (Å²) in [5.74, 6) is 3.01. The van der Waals surface area contributed by atoms with E-state index in [9.17, 15) is 9.59 Å². The molecule has 2 aromatic carbocycles. The van der Waals surface area contributed by atoms with Gasteiger partial charge in [0, 0.05) is 56.4 Å². The average Bonchev–Trinajstić information content (AvgIpc) is 3.67. The molecule has 5 rings (SSSR count). The maximum atomic E-state index is 13.0. The number of thioether (sulfide) groups is 1. The highest BCUT2D eigenvalue weighted by Gasteiger charge is 2.30. The van der Waals surface area contributed by atoms with Crippen LogP contribution in [0, 0.1) is 12.8 Å². The zero-order valence-corrected chi connectivity index (χ0v) is 26.0. The minimum absolute atomic E-state index is 0.0903. The van der Waals surface area contributed by atoms with E-state index in [1.807, 2.05) is 15.9 Å². The highest BCUT2D eigenvalue weighted by atomic mass is 32.2. The van der Waals surface area contributed by atoms with Crippen molar-refractivity contribution >= 4 is 23.6 Å². The van der Waals surface area contributed by atoms with Crippen molar-refractivity contribution in [2.24, 2.45) is 5.92 Å². The van der Waals surface area contributed by atoms with Crippen molar-refractivity contribution in [2.45, 2.75) is 89.3 Å². The Labute approximate surface area is 255 Å². The fourth-order valence-electron chi connectivity index (χ4n) is 6.26. The summed E-state index contributed by atoms with van der Waals surface area (Å²) in [7, 11) is 0. The number of nitrogens with zero attached hydrogens (tertiary/aromatic N) is 5. The van der Waals surface area contributed by atoms with Crippen LogP contribution < -0.4 is 0 Å². The number of hydrogen-bond acceptors (Lipinski definition) is 5. The molecule has 0 spiro atoms. The lowest BCUT2D eigenvalue weighted by atomic mass is 10.0. The summed E-state index contributed by atoms with van der Waals surface area (Å²) in [5, 5.41) is 10.00. The number of amides is 2. The molecule has 1 unspecified atom stereocenters. The summed E-state index contributed by atoms with van der Waals surface area (Å²) in [4.78, 5) is 29.8. The van der Waals surface area contributed by atoms with Gasteiger partial charge in [0.25, 0.3) is 0 Å². The van der Waals surface area contributed by atoms with E-state index in [1.165, 1.54) is 36.8 Å². The molecular formula is C34H45N5O2S. The third kappa shape index (κ3) is 8.03. The second-order valence-electron chi connectivity index (χ2n) is 12.0. The van der Waals surface area contributed by atoms with Gasteiger partial charge in [-0.3, -0.25) is 14.2 Å². The largest absolute Gasteiger partial charge is 0.339 e. The Bertz CT molecular complexity index is 1300. The number of piperazine rings is 1. The zero-order valence-electron chi connectivity index (χ0n) is 25.2. The molecule has 2 fully saturated rings. The van der Waals surface area contributed by atoms with Gasteiger partial charge in [0.1, 0.15) is 5.82 Å². The minimum atomic E-state index is 0.0903. The Morgan fingerprint density at radius 2 is 1.67 bits per heavy atom. The molecule has 1 aromatic heterocycles. The molecule has 1 saturated carbocycles. The van der Waals surface area contributed by atoms with E-state index in [2.05, 4.69) is 77.1 Å². The first-order valence-electron chi connectivity index (χ1n) is 15.7. The van der Waals surface area contributed by atoms with Gasteiger partial charge in [0.15, 0.2) is 5.16 Å². The van der Waals surface area contributed by atoms with E-state index in [-0.39, 0.29) is 17.9 Å². The molecule has 7 nitrogen and oxygen atoms in total. The lowest BCUT2D eigenvalue weighted by Crippen LogP contribution is -2.55. The van der Waals surface area contributed by atoms with Crippen LogP contribution in [0.5, 0.6) is 0 Å². The van der Waals surface area contributed by atoms with Gasteiger partial charge in [-0.15, -0.1) is 10.2 Å². The molecule has 1 aliphatic carbocycles. The SMILES string of the molecule is Cc1ccc(-n2c(Cc3ccccc3)nnc2SCCCCC(=O)N2CCN(C(=O)CCC3CCCC3)C(C)C2)cc1. The normalized spacial score (nSPS) is 17.6. The van der Waals surface area contributed by atoms with Crippen LogP contribution in [-0.4, -0.2) is 67.8 Å². The van der Waals surface area contributed by atoms with E-state index < -0.39 is 0 Å². The van der Waals surface area contributed by atoms with E-state index in [4.69, 9.17) is 0 Å². The van der Waals surface area contributed by atoms with Gasteiger partial charge in [-0.1, -0.05) is 85.5 Å². The van der Waals surface area contributed by atoms with Crippen LogP contribution >= 0.6 is 11.8 Å². The standard InChI is InChI=1S/C34H45N5O2S/c1-26-15-18-30(19-16-26)39-31(24-29-12-4-3-5-13-29)35-36-34(39)42-23-9-8-14-32(40)37-21-22-38(27(2)25-37)33(41)20-17-28-10-6-7-11-28/h3-5,12-13,15-16,18-19,27-28H,6-11,14,17,20-25H2,1-2H3. The third-order valence-electron chi connectivity index (χ3n) is 8.76. The van der Waals surface area contributed by atoms with Crippen LogP contribution in [0.25, 0.3) is 5.69 Å². The Balaban J connectivity index is 1.08. The average molecular weight is 588 g/mol. The van der Waals surface area contributed by atoms with Gasteiger partial charge in [-0.05, 0) is 56.7 Å². The van der Waals surface area contributed by atoms with Crippen LogP contribution in [0.3, 0.4) is 0 Å². The number of rotatable bonds is 12. The van der Waals surface area contributed by atoms with Crippen LogP contribution in [-0.2, 0) is 16.0 Å². The molecule has 2 aliphatic rings. The van der Waals surface area contributed by atoms with Crippen molar-refractivity contribution in [1.82, 2.24) is 24.6 Å². The topological polar surface area (TPSA) is 71.3 Å². The molecule has 0 N–H and O–H groups in total. The van der Waals surface area contributed by atoms with E-state index in [0.717, 1.165) is 47.6 Å². The number of unbranched alkanes of at least 4 members (excludes halogenated alkanes) is 1. The van der Waals surface area contributed by atoms with Crippen molar-refractivity contribution < 1.29 is 9.59 Å². The predicted molar refractivity (Wildman–Crippen MR) is 169 cm³/mol. The maximum Gasteiger partial charge on any atom is 0.222 e. The number of benzene rings is 2. The van der Waals surface area contributed by atoms with E-state index in [1.54, 1.807) is 11.8 Å².